The molecule has 2 aromatic rings. The van der Waals surface area contributed by atoms with Gasteiger partial charge in [-0.1, -0.05) is 32.9 Å². The van der Waals surface area contributed by atoms with Gasteiger partial charge in [-0.25, -0.2) is 9.18 Å². The fraction of sp³-hybridized carbons (Fsp3) is 0.520. The van der Waals surface area contributed by atoms with Crippen molar-refractivity contribution in [1.82, 2.24) is 15.1 Å². The van der Waals surface area contributed by atoms with Crippen LogP contribution in [-0.2, 0) is 11.2 Å². The van der Waals surface area contributed by atoms with E-state index >= 15 is 0 Å². The lowest BCUT2D eigenvalue weighted by molar-refractivity contribution is -0.135. The highest BCUT2D eigenvalue weighted by Crippen LogP contribution is 2.34. The summed E-state index contributed by atoms with van der Waals surface area (Å²) in [5.74, 6) is 0.0465. The van der Waals surface area contributed by atoms with Crippen LogP contribution in [0.15, 0.2) is 35.7 Å². The van der Waals surface area contributed by atoms with Crippen LogP contribution in [0.2, 0.25) is 0 Å². The van der Waals surface area contributed by atoms with E-state index in [0.717, 1.165) is 24.8 Å². The third kappa shape index (κ3) is 6.69. The van der Waals surface area contributed by atoms with Gasteiger partial charge in [-0.3, -0.25) is 4.79 Å². The zero-order valence-corrected chi connectivity index (χ0v) is 20.5. The summed E-state index contributed by atoms with van der Waals surface area (Å²) in [6, 6.07) is 7.77. The third-order valence-electron chi connectivity index (χ3n) is 5.76. The first-order valence-electron chi connectivity index (χ1n) is 11.7. The monoisotopic (exact) mass is 475 g/mol. The molecular weight excluding hydrogens is 441 g/mol. The molecule has 1 atom stereocenters. The van der Waals surface area contributed by atoms with Gasteiger partial charge in [-0.15, -0.1) is 11.3 Å². The first-order valence-corrected chi connectivity index (χ1v) is 12.5. The number of urea groups is 1. The summed E-state index contributed by atoms with van der Waals surface area (Å²) >= 11 is 1.66. The highest BCUT2D eigenvalue weighted by atomic mass is 32.1. The summed E-state index contributed by atoms with van der Waals surface area (Å²) in [5, 5.41) is 4.91. The topological polar surface area (TPSA) is 61.9 Å². The van der Waals surface area contributed by atoms with Crippen LogP contribution in [0.25, 0.3) is 0 Å². The van der Waals surface area contributed by atoms with Crippen LogP contribution in [0, 0.1) is 11.7 Å². The summed E-state index contributed by atoms with van der Waals surface area (Å²) in [5.41, 5.74) is 1.04. The molecule has 1 aliphatic rings. The minimum atomic E-state index is -0.427. The largest absolute Gasteiger partial charge is 0.488 e. The van der Waals surface area contributed by atoms with Crippen LogP contribution in [-0.4, -0.2) is 54.5 Å². The number of carbonyl (C=O) groups is 2. The van der Waals surface area contributed by atoms with Crippen molar-refractivity contribution in [3.63, 3.8) is 0 Å². The minimum Gasteiger partial charge on any atom is -0.488 e. The molecule has 1 N–H and O–H groups in total. The zero-order valence-electron chi connectivity index (χ0n) is 19.7. The highest BCUT2D eigenvalue weighted by molar-refractivity contribution is 7.10. The van der Waals surface area contributed by atoms with E-state index in [1.807, 2.05) is 18.4 Å². The van der Waals surface area contributed by atoms with Crippen molar-refractivity contribution in [2.75, 3.05) is 32.8 Å². The second kappa shape index (κ2) is 12.0. The number of hydrogen-bond donors (Lipinski definition) is 1. The van der Waals surface area contributed by atoms with Gasteiger partial charge in [0.25, 0.3) is 0 Å². The van der Waals surface area contributed by atoms with Crippen LogP contribution in [0.4, 0.5) is 9.18 Å². The molecule has 1 aromatic carbocycles. The van der Waals surface area contributed by atoms with E-state index in [2.05, 4.69) is 19.2 Å². The van der Waals surface area contributed by atoms with Gasteiger partial charge in [-0.2, -0.15) is 0 Å². The van der Waals surface area contributed by atoms with E-state index in [0.29, 0.717) is 25.6 Å². The van der Waals surface area contributed by atoms with Gasteiger partial charge in [0.05, 0.1) is 6.04 Å². The van der Waals surface area contributed by atoms with Crippen molar-refractivity contribution in [1.29, 1.82) is 0 Å². The molecule has 0 saturated carbocycles. The standard InChI is InChI=1S/C25H34FN3O3S/c1-4-12-27-25(31)28(13-9-18(2)3)16-24(30)29-14-10-23-19(11-15-33-23)21(29)17-32-22-8-6-5-7-20(22)26/h5-8,11,15,18,21H,4,9-10,12-14,16-17H2,1-3H3,(H,27,31)/t21-/m0/s1. The number of halogens is 1. The number of rotatable bonds is 10. The van der Waals surface area contributed by atoms with Gasteiger partial charge in [0.1, 0.15) is 13.2 Å². The van der Waals surface area contributed by atoms with Crippen LogP contribution in [0.3, 0.4) is 0 Å². The molecule has 0 unspecified atom stereocenters. The number of carbonyl (C=O) groups excluding carboxylic acids is 2. The zero-order chi connectivity index (χ0) is 23.8. The molecule has 33 heavy (non-hydrogen) atoms. The molecule has 0 spiro atoms. The minimum absolute atomic E-state index is 0.0118. The summed E-state index contributed by atoms with van der Waals surface area (Å²) in [7, 11) is 0. The first-order chi connectivity index (χ1) is 15.9. The molecule has 0 radical (unpaired) electrons. The Hall–Kier alpha value is -2.61. The smallest absolute Gasteiger partial charge is 0.317 e. The molecule has 180 valence electrons. The average Bonchev–Trinajstić information content (AvgIpc) is 3.28. The number of thiophene rings is 1. The molecule has 1 aliphatic heterocycles. The van der Waals surface area contributed by atoms with Gasteiger partial charge in [0.2, 0.25) is 5.91 Å². The molecule has 0 fully saturated rings. The van der Waals surface area contributed by atoms with Gasteiger partial charge >= 0.3 is 6.03 Å². The van der Waals surface area contributed by atoms with Crippen molar-refractivity contribution in [2.24, 2.45) is 5.92 Å². The van der Waals surface area contributed by atoms with Crippen LogP contribution < -0.4 is 10.1 Å². The highest BCUT2D eigenvalue weighted by Gasteiger charge is 2.33. The number of amides is 3. The molecule has 3 amide bonds. The van der Waals surface area contributed by atoms with Crippen molar-refractivity contribution in [3.8, 4) is 5.75 Å². The maximum absolute atomic E-state index is 14.1. The van der Waals surface area contributed by atoms with Crippen molar-refractivity contribution >= 4 is 23.3 Å². The van der Waals surface area contributed by atoms with E-state index in [-0.39, 0.29) is 36.9 Å². The van der Waals surface area contributed by atoms with E-state index in [1.165, 1.54) is 10.9 Å². The Morgan fingerprint density at radius 1 is 1.30 bits per heavy atom. The Morgan fingerprint density at radius 3 is 2.82 bits per heavy atom. The Labute approximate surface area is 199 Å². The summed E-state index contributed by atoms with van der Waals surface area (Å²) in [6.45, 7) is 8.01. The first kappa shape index (κ1) is 25.0. The number of benzene rings is 1. The molecule has 0 saturated heterocycles. The molecule has 0 bridgehead atoms. The Balaban J connectivity index is 1.75. The van der Waals surface area contributed by atoms with Gasteiger partial charge < -0.3 is 19.9 Å². The molecule has 1 aromatic heterocycles. The lowest BCUT2D eigenvalue weighted by Gasteiger charge is -2.37. The Kier molecular flexibility index (Phi) is 9.11. The predicted molar refractivity (Wildman–Crippen MR) is 129 cm³/mol. The molecule has 0 aliphatic carbocycles. The van der Waals surface area contributed by atoms with Crippen molar-refractivity contribution < 1.29 is 18.7 Å². The number of nitrogens with one attached hydrogen (secondary N) is 1. The summed E-state index contributed by atoms with van der Waals surface area (Å²) in [4.78, 5) is 30.7. The number of para-hydroxylation sites is 1. The fourth-order valence-electron chi connectivity index (χ4n) is 3.87. The van der Waals surface area contributed by atoms with Gasteiger partial charge in [0.15, 0.2) is 11.6 Å². The van der Waals surface area contributed by atoms with Crippen LogP contribution in [0.1, 0.15) is 50.1 Å². The van der Waals surface area contributed by atoms with E-state index < -0.39 is 5.82 Å². The third-order valence-corrected chi connectivity index (χ3v) is 6.76. The normalized spacial score (nSPS) is 15.3. The van der Waals surface area contributed by atoms with Crippen LogP contribution >= 0.6 is 11.3 Å². The number of ether oxygens (including phenoxy) is 1. The average molecular weight is 476 g/mol. The second-order valence-electron chi connectivity index (χ2n) is 8.73. The van der Waals surface area contributed by atoms with E-state index in [9.17, 15) is 14.0 Å². The second-order valence-corrected chi connectivity index (χ2v) is 9.73. The Morgan fingerprint density at radius 2 is 2.09 bits per heavy atom. The fourth-order valence-corrected chi connectivity index (χ4v) is 4.80. The quantitative estimate of drug-likeness (QED) is 0.534. The summed E-state index contributed by atoms with van der Waals surface area (Å²) in [6.07, 6.45) is 2.42. The molecular formula is C25H34FN3O3S. The van der Waals surface area contributed by atoms with E-state index in [4.69, 9.17) is 4.74 Å². The molecule has 3 rings (SSSR count). The molecule has 2 heterocycles. The maximum atomic E-state index is 14.1. The number of nitrogens with zero attached hydrogens (tertiary/aromatic N) is 2. The lowest BCUT2D eigenvalue weighted by Crippen LogP contribution is -2.50. The van der Waals surface area contributed by atoms with E-state index in [1.54, 1.807) is 39.3 Å². The molecule has 6 nitrogen and oxygen atoms in total. The maximum Gasteiger partial charge on any atom is 0.317 e. The lowest BCUT2D eigenvalue weighted by atomic mass is 10.0. The van der Waals surface area contributed by atoms with Crippen LogP contribution in [0.5, 0.6) is 5.75 Å². The number of hydrogen-bond acceptors (Lipinski definition) is 4. The molecule has 8 heteroatoms. The van der Waals surface area contributed by atoms with Crippen molar-refractivity contribution in [2.45, 2.75) is 46.1 Å². The van der Waals surface area contributed by atoms with Crippen molar-refractivity contribution in [3.05, 3.63) is 52.0 Å². The van der Waals surface area contributed by atoms with Gasteiger partial charge in [0, 0.05) is 24.5 Å². The number of fused-ring (bicyclic) bond motifs is 1. The van der Waals surface area contributed by atoms with Gasteiger partial charge in [-0.05, 0) is 54.3 Å². The Bertz CT molecular complexity index is 933. The predicted octanol–water partition coefficient (Wildman–Crippen LogP) is 4.86. The summed E-state index contributed by atoms with van der Waals surface area (Å²) < 4.78 is 19.9. The SMILES string of the molecule is CCCNC(=O)N(CCC(C)C)CC(=O)N1CCc2sccc2[C@@H]1COc1ccccc1F.